The molecule has 2 aliphatic heterocycles. The van der Waals surface area contributed by atoms with Crippen molar-refractivity contribution in [1.29, 1.82) is 0 Å². The number of thioether (sulfide) groups is 1. The van der Waals surface area contributed by atoms with Crippen LogP contribution in [0.25, 0.3) is 0 Å². The van der Waals surface area contributed by atoms with Crippen molar-refractivity contribution in [1.82, 2.24) is 9.80 Å². The van der Waals surface area contributed by atoms with E-state index in [2.05, 4.69) is 4.99 Å². The summed E-state index contributed by atoms with van der Waals surface area (Å²) >= 11 is 1.54. The van der Waals surface area contributed by atoms with Gasteiger partial charge < -0.3 is 4.74 Å². The third-order valence-electron chi connectivity index (χ3n) is 5.29. The van der Waals surface area contributed by atoms with E-state index < -0.39 is 17.8 Å². The van der Waals surface area contributed by atoms with Crippen LogP contribution in [0.4, 0.5) is 4.79 Å². The molecule has 0 N–H and O–H groups in total. The van der Waals surface area contributed by atoms with Gasteiger partial charge in [-0.25, -0.2) is 4.79 Å². The van der Waals surface area contributed by atoms with Crippen molar-refractivity contribution in [3.05, 3.63) is 29.8 Å². The van der Waals surface area contributed by atoms with Crippen LogP contribution in [0.2, 0.25) is 0 Å². The minimum absolute atomic E-state index is 0.0363. The molecule has 148 valence electrons. The lowest BCUT2D eigenvalue weighted by Gasteiger charge is -2.22. The summed E-state index contributed by atoms with van der Waals surface area (Å²) in [5, 5.41) is 0.844. The number of benzene rings is 1. The SMILES string of the molecule is CCOc1ccc(C2=NC[C@H](CN3C(=O)C(=O)N(C4CCCC4)C3=O)S2)cc1. The van der Waals surface area contributed by atoms with Gasteiger partial charge in [0.25, 0.3) is 0 Å². The summed E-state index contributed by atoms with van der Waals surface area (Å²) in [5.74, 6) is -0.565. The van der Waals surface area contributed by atoms with Crippen molar-refractivity contribution >= 4 is 34.7 Å². The molecule has 1 atom stereocenters. The Morgan fingerprint density at radius 2 is 1.82 bits per heavy atom. The van der Waals surface area contributed by atoms with Crippen LogP contribution in [0.5, 0.6) is 5.75 Å². The number of amides is 4. The highest BCUT2D eigenvalue weighted by Gasteiger charge is 2.48. The summed E-state index contributed by atoms with van der Waals surface area (Å²) in [6.07, 6.45) is 3.57. The van der Waals surface area contributed by atoms with Crippen LogP contribution in [-0.2, 0) is 9.59 Å². The van der Waals surface area contributed by atoms with E-state index in [1.165, 1.54) is 4.90 Å². The number of imide groups is 2. The van der Waals surface area contributed by atoms with Crippen LogP contribution < -0.4 is 4.74 Å². The van der Waals surface area contributed by atoms with Crippen LogP contribution in [0.3, 0.4) is 0 Å². The van der Waals surface area contributed by atoms with Gasteiger partial charge in [-0.2, -0.15) is 0 Å². The molecule has 0 unspecified atom stereocenters. The Kier molecular flexibility index (Phi) is 5.39. The molecule has 4 amide bonds. The van der Waals surface area contributed by atoms with E-state index in [9.17, 15) is 14.4 Å². The van der Waals surface area contributed by atoms with Gasteiger partial charge in [-0.15, -0.1) is 0 Å². The minimum Gasteiger partial charge on any atom is -0.494 e. The summed E-state index contributed by atoms with van der Waals surface area (Å²) in [4.78, 5) is 44.3. The zero-order valence-electron chi connectivity index (χ0n) is 15.8. The van der Waals surface area contributed by atoms with E-state index in [-0.39, 0.29) is 17.8 Å². The Morgan fingerprint density at radius 3 is 2.50 bits per heavy atom. The van der Waals surface area contributed by atoms with Crippen LogP contribution in [-0.4, -0.2) is 63.7 Å². The molecule has 2 heterocycles. The van der Waals surface area contributed by atoms with Crippen molar-refractivity contribution in [2.75, 3.05) is 19.7 Å². The quantitative estimate of drug-likeness (QED) is 0.541. The second-order valence-electron chi connectivity index (χ2n) is 7.15. The van der Waals surface area contributed by atoms with Gasteiger partial charge >= 0.3 is 17.8 Å². The second kappa shape index (κ2) is 7.95. The Balaban J connectivity index is 1.38. The standard InChI is InChI=1S/C20H23N3O4S/c1-2-27-15-9-7-13(8-10-15)17-21-11-16(28-17)12-22-18(24)19(25)23(20(22)26)14-5-3-4-6-14/h7-10,14,16H,2-6,11-12H2,1H3/t16-/m1/s1. The van der Waals surface area contributed by atoms with Gasteiger partial charge in [0.1, 0.15) is 5.75 Å². The maximum atomic E-state index is 12.7. The van der Waals surface area contributed by atoms with Gasteiger partial charge in [0, 0.05) is 23.4 Å². The van der Waals surface area contributed by atoms with E-state index in [0.29, 0.717) is 13.2 Å². The molecule has 1 aliphatic carbocycles. The summed E-state index contributed by atoms with van der Waals surface area (Å²) in [7, 11) is 0. The molecular formula is C20H23N3O4S. The lowest BCUT2D eigenvalue weighted by atomic mass is 10.2. The number of hydrogen-bond acceptors (Lipinski definition) is 6. The van der Waals surface area contributed by atoms with E-state index in [1.54, 1.807) is 11.8 Å². The summed E-state index contributed by atoms with van der Waals surface area (Å²) < 4.78 is 5.45. The molecule has 1 aromatic rings. The molecule has 2 fully saturated rings. The number of nitrogens with zero attached hydrogens (tertiary/aromatic N) is 3. The zero-order chi connectivity index (χ0) is 19.7. The largest absolute Gasteiger partial charge is 0.494 e. The lowest BCUT2D eigenvalue weighted by Crippen LogP contribution is -2.41. The first kappa shape index (κ1) is 19.0. The van der Waals surface area contributed by atoms with Crippen LogP contribution in [0, 0.1) is 0 Å². The Morgan fingerprint density at radius 1 is 1.11 bits per heavy atom. The summed E-state index contributed by atoms with van der Waals surface area (Å²) in [6.45, 7) is 3.28. The average Bonchev–Trinajstić information content (AvgIpc) is 3.42. The molecule has 0 spiro atoms. The fraction of sp³-hybridized carbons (Fsp3) is 0.500. The van der Waals surface area contributed by atoms with Crippen LogP contribution in [0.1, 0.15) is 38.2 Å². The maximum Gasteiger partial charge on any atom is 0.334 e. The normalized spacial score (nSPS) is 23.1. The third-order valence-corrected chi connectivity index (χ3v) is 6.51. The zero-order valence-corrected chi connectivity index (χ0v) is 16.6. The summed E-state index contributed by atoms with van der Waals surface area (Å²) in [6, 6.07) is 7.13. The number of hydrogen-bond donors (Lipinski definition) is 0. The van der Waals surface area contributed by atoms with Gasteiger partial charge in [-0.3, -0.25) is 24.4 Å². The average molecular weight is 401 g/mol. The molecule has 28 heavy (non-hydrogen) atoms. The molecule has 0 radical (unpaired) electrons. The Labute approximate surface area is 168 Å². The Hall–Kier alpha value is -2.35. The molecule has 1 saturated heterocycles. The van der Waals surface area contributed by atoms with E-state index in [1.807, 2.05) is 31.2 Å². The monoisotopic (exact) mass is 401 g/mol. The van der Waals surface area contributed by atoms with Gasteiger partial charge in [0.15, 0.2) is 0 Å². The highest BCUT2D eigenvalue weighted by molar-refractivity contribution is 8.15. The lowest BCUT2D eigenvalue weighted by molar-refractivity contribution is -0.144. The molecule has 4 rings (SSSR count). The number of urea groups is 1. The van der Waals surface area contributed by atoms with Crippen molar-refractivity contribution in [3.63, 3.8) is 0 Å². The molecular weight excluding hydrogens is 378 g/mol. The molecule has 0 bridgehead atoms. The third kappa shape index (κ3) is 3.53. The smallest absolute Gasteiger partial charge is 0.334 e. The fourth-order valence-electron chi connectivity index (χ4n) is 3.90. The van der Waals surface area contributed by atoms with Gasteiger partial charge in [0.2, 0.25) is 0 Å². The minimum atomic E-state index is -0.702. The molecule has 1 aromatic carbocycles. The fourth-order valence-corrected chi connectivity index (χ4v) is 5.01. The number of carbonyl (C=O) groups is 3. The molecule has 8 heteroatoms. The molecule has 1 saturated carbocycles. The molecule has 3 aliphatic rings. The maximum absolute atomic E-state index is 12.7. The number of ether oxygens (including phenoxy) is 1. The first-order valence-electron chi connectivity index (χ1n) is 9.72. The number of rotatable bonds is 6. The Bertz CT molecular complexity index is 817. The van der Waals surface area contributed by atoms with Crippen LogP contribution >= 0.6 is 11.8 Å². The molecule has 7 nitrogen and oxygen atoms in total. The predicted molar refractivity (Wildman–Crippen MR) is 107 cm³/mol. The van der Waals surface area contributed by atoms with Gasteiger partial charge in [-0.05, 0) is 44.0 Å². The highest BCUT2D eigenvalue weighted by atomic mass is 32.2. The first-order valence-corrected chi connectivity index (χ1v) is 10.6. The first-order chi connectivity index (χ1) is 13.6. The predicted octanol–water partition coefficient (Wildman–Crippen LogP) is 2.68. The van der Waals surface area contributed by atoms with E-state index in [4.69, 9.17) is 4.74 Å². The topological polar surface area (TPSA) is 79.3 Å². The van der Waals surface area contributed by atoms with Crippen molar-refractivity contribution < 1.29 is 19.1 Å². The highest BCUT2D eigenvalue weighted by Crippen LogP contribution is 2.31. The van der Waals surface area contributed by atoms with Crippen molar-refractivity contribution in [2.24, 2.45) is 4.99 Å². The summed E-state index contributed by atoms with van der Waals surface area (Å²) in [5.41, 5.74) is 0.985. The second-order valence-corrected chi connectivity index (χ2v) is 8.44. The number of carbonyl (C=O) groups excluding carboxylic acids is 3. The van der Waals surface area contributed by atoms with Gasteiger partial charge in [0.05, 0.1) is 18.2 Å². The molecule has 0 aromatic heterocycles. The van der Waals surface area contributed by atoms with Crippen LogP contribution in [0.15, 0.2) is 29.3 Å². The number of aliphatic imine (C=N–C) groups is 1. The van der Waals surface area contributed by atoms with Crippen molar-refractivity contribution in [3.8, 4) is 5.75 Å². The van der Waals surface area contributed by atoms with E-state index >= 15 is 0 Å². The van der Waals surface area contributed by atoms with E-state index in [0.717, 1.165) is 46.9 Å². The van der Waals surface area contributed by atoms with Crippen molar-refractivity contribution in [2.45, 2.75) is 43.9 Å². The van der Waals surface area contributed by atoms with Gasteiger partial charge in [-0.1, -0.05) is 24.6 Å².